The van der Waals surface area contributed by atoms with Crippen molar-refractivity contribution in [2.24, 2.45) is 0 Å². The summed E-state index contributed by atoms with van der Waals surface area (Å²) < 4.78 is 5.46. The zero-order valence-corrected chi connectivity index (χ0v) is 17.2. The van der Waals surface area contributed by atoms with Crippen LogP contribution in [0.25, 0.3) is 10.9 Å². The Hall–Kier alpha value is -2.70. The number of aromatic nitrogens is 2. The van der Waals surface area contributed by atoms with Gasteiger partial charge in [-0.2, -0.15) is 0 Å². The van der Waals surface area contributed by atoms with Gasteiger partial charge < -0.3 is 9.64 Å². The van der Waals surface area contributed by atoms with E-state index in [1.165, 1.54) is 4.90 Å². The van der Waals surface area contributed by atoms with Crippen molar-refractivity contribution in [3.8, 4) is 0 Å². The van der Waals surface area contributed by atoms with Crippen molar-refractivity contribution in [2.75, 3.05) is 13.6 Å². The molecule has 0 N–H and O–H groups in total. The molecule has 1 aliphatic rings. The van der Waals surface area contributed by atoms with E-state index in [-0.39, 0.29) is 5.91 Å². The second kappa shape index (κ2) is 7.73. The van der Waals surface area contributed by atoms with Crippen LogP contribution in [-0.4, -0.2) is 57.0 Å². The van der Waals surface area contributed by atoms with Gasteiger partial charge in [0.05, 0.1) is 12.1 Å². The minimum atomic E-state index is -0.588. The summed E-state index contributed by atoms with van der Waals surface area (Å²) in [5, 5.41) is 1.01. The molecule has 1 aromatic heterocycles. The molecule has 1 atom stereocenters. The highest BCUT2D eigenvalue weighted by Crippen LogP contribution is 2.23. The van der Waals surface area contributed by atoms with Gasteiger partial charge in [0, 0.05) is 24.7 Å². The summed E-state index contributed by atoms with van der Waals surface area (Å²) in [6, 6.07) is 7.32. The molecule has 1 saturated heterocycles. The van der Waals surface area contributed by atoms with Crippen LogP contribution in [0, 0.1) is 6.92 Å². The van der Waals surface area contributed by atoms with E-state index < -0.39 is 17.7 Å². The Morgan fingerprint density at radius 1 is 1.25 bits per heavy atom. The standard InChI is InChI=1S/C21H28N4O3/c1-14-15-9-6-7-10-16(15)23-18(22-14)13-24(5)19(26)17-11-8-12-25(17)20(27)28-21(2,3)4/h6-7,9-10,17H,8,11-13H2,1-5H3/t17-/m0/s1. The van der Waals surface area contributed by atoms with E-state index in [4.69, 9.17) is 4.74 Å². The van der Waals surface area contributed by atoms with E-state index in [0.29, 0.717) is 25.3 Å². The molecule has 0 radical (unpaired) electrons. The number of rotatable bonds is 3. The predicted octanol–water partition coefficient (Wildman–Crippen LogP) is 3.30. The van der Waals surface area contributed by atoms with E-state index in [1.54, 1.807) is 11.9 Å². The monoisotopic (exact) mass is 384 g/mol. The van der Waals surface area contributed by atoms with Gasteiger partial charge in [-0.1, -0.05) is 18.2 Å². The minimum absolute atomic E-state index is 0.113. The number of nitrogens with zero attached hydrogens (tertiary/aromatic N) is 4. The lowest BCUT2D eigenvalue weighted by Gasteiger charge is -2.30. The van der Waals surface area contributed by atoms with Gasteiger partial charge in [-0.05, 0) is 46.6 Å². The average molecular weight is 384 g/mol. The van der Waals surface area contributed by atoms with Crippen LogP contribution < -0.4 is 0 Å². The zero-order chi connectivity index (χ0) is 20.5. The molecule has 1 aliphatic heterocycles. The van der Waals surface area contributed by atoms with Gasteiger partial charge >= 0.3 is 6.09 Å². The number of fused-ring (bicyclic) bond motifs is 1. The molecule has 1 aromatic carbocycles. The Bertz CT molecular complexity index is 891. The lowest BCUT2D eigenvalue weighted by molar-refractivity contribution is -0.135. The third kappa shape index (κ3) is 4.40. The summed E-state index contributed by atoms with van der Waals surface area (Å²) in [7, 11) is 1.72. The van der Waals surface area contributed by atoms with E-state index >= 15 is 0 Å². The van der Waals surface area contributed by atoms with Crippen LogP contribution in [-0.2, 0) is 16.1 Å². The summed E-state index contributed by atoms with van der Waals surface area (Å²) in [6.07, 6.45) is 0.990. The van der Waals surface area contributed by atoms with Crippen molar-refractivity contribution < 1.29 is 14.3 Å². The lowest BCUT2D eigenvalue weighted by atomic mass is 10.2. The highest BCUT2D eigenvalue weighted by Gasteiger charge is 2.38. The van der Waals surface area contributed by atoms with E-state index in [1.807, 2.05) is 52.0 Å². The quantitative estimate of drug-likeness (QED) is 0.812. The number of likely N-dealkylation sites (tertiary alicyclic amines) is 1. The van der Waals surface area contributed by atoms with Crippen LogP contribution in [0.2, 0.25) is 0 Å². The topological polar surface area (TPSA) is 75.6 Å². The summed E-state index contributed by atoms with van der Waals surface area (Å²) in [5.41, 5.74) is 1.16. The molecule has 28 heavy (non-hydrogen) atoms. The van der Waals surface area contributed by atoms with Gasteiger partial charge in [-0.25, -0.2) is 14.8 Å². The summed E-state index contributed by atoms with van der Waals surface area (Å²) in [4.78, 5) is 37.7. The summed E-state index contributed by atoms with van der Waals surface area (Å²) in [5.74, 6) is 0.478. The molecule has 0 spiro atoms. The van der Waals surface area contributed by atoms with Gasteiger partial charge in [0.15, 0.2) is 0 Å². The molecular formula is C21H28N4O3. The number of hydrogen-bond acceptors (Lipinski definition) is 5. The third-order valence-corrected chi connectivity index (χ3v) is 4.76. The molecular weight excluding hydrogens is 356 g/mol. The van der Waals surface area contributed by atoms with E-state index in [9.17, 15) is 9.59 Å². The molecule has 1 fully saturated rings. The largest absolute Gasteiger partial charge is 0.444 e. The van der Waals surface area contributed by atoms with Gasteiger partial charge in [-0.3, -0.25) is 9.69 Å². The average Bonchev–Trinajstić information content (AvgIpc) is 3.09. The van der Waals surface area contributed by atoms with Gasteiger partial charge in [0.1, 0.15) is 17.5 Å². The van der Waals surface area contributed by atoms with Crippen molar-refractivity contribution in [1.82, 2.24) is 19.8 Å². The van der Waals surface area contributed by atoms with Crippen molar-refractivity contribution in [3.63, 3.8) is 0 Å². The molecule has 2 amide bonds. The third-order valence-electron chi connectivity index (χ3n) is 4.76. The van der Waals surface area contributed by atoms with Crippen LogP contribution in [0.1, 0.15) is 45.1 Å². The minimum Gasteiger partial charge on any atom is -0.444 e. The van der Waals surface area contributed by atoms with Gasteiger partial charge in [-0.15, -0.1) is 0 Å². The van der Waals surface area contributed by atoms with Crippen molar-refractivity contribution >= 4 is 22.9 Å². The predicted molar refractivity (Wildman–Crippen MR) is 107 cm³/mol. The first-order chi connectivity index (χ1) is 13.2. The molecule has 0 saturated carbocycles. The molecule has 0 bridgehead atoms. The van der Waals surface area contributed by atoms with Crippen LogP contribution in [0.5, 0.6) is 0 Å². The molecule has 7 nitrogen and oxygen atoms in total. The number of carbonyl (C=O) groups is 2. The fourth-order valence-electron chi connectivity index (χ4n) is 3.47. The first kappa shape index (κ1) is 20.0. The number of likely N-dealkylation sites (N-methyl/N-ethyl adjacent to an activating group) is 1. The van der Waals surface area contributed by atoms with Crippen molar-refractivity contribution in [1.29, 1.82) is 0 Å². The van der Waals surface area contributed by atoms with E-state index in [0.717, 1.165) is 23.0 Å². The number of hydrogen-bond donors (Lipinski definition) is 0. The fraction of sp³-hybridized carbons (Fsp3) is 0.524. The lowest BCUT2D eigenvalue weighted by Crippen LogP contribution is -2.48. The normalized spacial score (nSPS) is 17.0. The number of carbonyl (C=O) groups excluding carboxylic acids is 2. The summed E-state index contributed by atoms with van der Waals surface area (Å²) in [6.45, 7) is 8.24. The molecule has 7 heteroatoms. The first-order valence-corrected chi connectivity index (χ1v) is 9.62. The van der Waals surface area contributed by atoms with Crippen LogP contribution in [0.15, 0.2) is 24.3 Å². The first-order valence-electron chi connectivity index (χ1n) is 9.62. The summed E-state index contributed by atoms with van der Waals surface area (Å²) >= 11 is 0. The Balaban J connectivity index is 1.72. The SMILES string of the molecule is Cc1nc(CN(C)C(=O)[C@@H]2CCCN2C(=O)OC(C)(C)C)nc2ccccc12. The molecule has 2 aromatic rings. The van der Waals surface area contributed by atoms with Crippen LogP contribution >= 0.6 is 0 Å². The number of benzene rings is 1. The van der Waals surface area contributed by atoms with E-state index in [2.05, 4.69) is 9.97 Å². The van der Waals surface area contributed by atoms with Crippen LogP contribution in [0.3, 0.4) is 0 Å². The maximum absolute atomic E-state index is 13.0. The number of amides is 2. The molecule has 2 heterocycles. The molecule has 0 unspecified atom stereocenters. The highest BCUT2D eigenvalue weighted by atomic mass is 16.6. The Morgan fingerprint density at radius 3 is 2.68 bits per heavy atom. The number of aryl methyl sites for hydroxylation is 1. The zero-order valence-electron chi connectivity index (χ0n) is 17.2. The van der Waals surface area contributed by atoms with Gasteiger partial charge in [0.2, 0.25) is 5.91 Å². The maximum Gasteiger partial charge on any atom is 0.410 e. The smallest absolute Gasteiger partial charge is 0.410 e. The van der Waals surface area contributed by atoms with Crippen molar-refractivity contribution in [3.05, 3.63) is 35.8 Å². The maximum atomic E-state index is 13.0. The molecule has 150 valence electrons. The Morgan fingerprint density at radius 2 is 1.96 bits per heavy atom. The number of para-hydroxylation sites is 1. The second-order valence-corrected chi connectivity index (χ2v) is 8.27. The number of ether oxygens (including phenoxy) is 1. The molecule has 0 aliphatic carbocycles. The van der Waals surface area contributed by atoms with Crippen LogP contribution in [0.4, 0.5) is 4.79 Å². The Labute approximate surface area is 165 Å². The van der Waals surface area contributed by atoms with Crippen molar-refractivity contribution in [2.45, 2.75) is 58.7 Å². The highest BCUT2D eigenvalue weighted by molar-refractivity contribution is 5.86. The Kier molecular flexibility index (Phi) is 5.54. The van der Waals surface area contributed by atoms with Gasteiger partial charge in [0.25, 0.3) is 0 Å². The second-order valence-electron chi connectivity index (χ2n) is 8.27. The fourth-order valence-corrected chi connectivity index (χ4v) is 3.47. The molecule has 3 rings (SSSR count).